The van der Waals surface area contributed by atoms with Crippen molar-refractivity contribution in [3.63, 3.8) is 0 Å². The highest BCUT2D eigenvalue weighted by Gasteiger charge is 2.06. The quantitative estimate of drug-likeness (QED) is 0.861. The molecule has 0 saturated heterocycles. The number of aromatic nitrogens is 1. The predicted molar refractivity (Wildman–Crippen MR) is 68.5 cm³/mol. The summed E-state index contributed by atoms with van der Waals surface area (Å²) in [7, 11) is 0. The first-order valence-electron chi connectivity index (χ1n) is 5.79. The van der Waals surface area contributed by atoms with Crippen LogP contribution in [0.25, 0.3) is 0 Å². The molecule has 0 unspecified atom stereocenters. The van der Waals surface area contributed by atoms with Crippen molar-refractivity contribution in [2.75, 3.05) is 13.2 Å². The van der Waals surface area contributed by atoms with Crippen molar-refractivity contribution in [1.82, 2.24) is 10.5 Å². The molecule has 0 saturated carbocycles. The van der Waals surface area contributed by atoms with Gasteiger partial charge < -0.3 is 14.6 Å². The number of ether oxygens (including phenoxy) is 1. The van der Waals surface area contributed by atoms with Gasteiger partial charge >= 0.3 is 0 Å². The molecule has 1 N–H and O–H groups in total. The first kappa shape index (κ1) is 13.6. The van der Waals surface area contributed by atoms with Gasteiger partial charge in [0.2, 0.25) is 5.76 Å². The maximum absolute atomic E-state index is 13.2. The van der Waals surface area contributed by atoms with Crippen LogP contribution in [0.2, 0.25) is 0 Å². The average molecular weight is 274 g/mol. The van der Waals surface area contributed by atoms with E-state index >= 15 is 0 Å². The topological polar surface area (TPSA) is 64.4 Å². The van der Waals surface area contributed by atoms with E-state index in [1.165, 1.54) is 24.4 Å². The Kier molecular flexibility index (Phi) is 4.73. The van der Waals surface area contributed by atoms with Gasteiger partial charge in [-0.05, 0) is 12.1 Å². The van der Waals surface area contributed by atoms with E-state index in [-0.39, 0.29) is 24.7 Å². The number of halogens is 1. The molecule has 1 aromatic heterocycles. The van der Waals surface area contributed by atoms with Crippen LogP contribution in [0, 0.1) is 17.7 Å². The number of amides is 1. The molecule has 102 valence electrons. The van der Waals surface area contributed by atoms with E-state index in [1.807, 2.05) is 0 Å². The molecule has 5 nitrogen and oxygen atoms in total. The summed E-state index contributed by atoms with van der Waals surface area (Å²) in [6.45, 7) is 0.180. The molecule has 0 bridgehead atoms. The van der Waals surface area contributed by atoms with E-state index in [1.54, 1.807) is 12.1 Å². The van der Waals surface area contributed by atoms with Gasteiger partial charge in [0.15, 0.2) is 11.6 Å². The number of benzene rings is 1. The summed E-state index contributed by atoms with van der Waals surface area (Å²) in [5.41, 5.74) is 0. The molecule has 6 heteroatoms. The zero-order valence-corrected chi connectivity index (χ0v) is 10.4. The van der Waals surface area contributed by atoms with Crippen LogP contribution in [-0.4, -0.2) is 24.2 Å². The van der Waals surface area contributed by atoms with E-state index in [0.29, 0.717) is 0 Å². The minimum atomic E-state index is -0.437. The van der Waals surface area contributed by atoms with E-state index in [4.69, 9.17) is 4.74 Å². The third-order valence-corrected chi connectivity index (χ3v) is 2.26. The molecule has 0 atom stereocenters. The molecule has 0 fully saturated rings. The van der Waals surface area contributed by atoms with Gasteiger partial charge in [-0.2, -0.15) is 0 Å². The summed E-state index contributed by atoms with van der Waals surface area (Å²) < 4.78 is 23.0. The van der Waals surface area contributed by atoms with Crippen LogP contribution in [-0.2, 0) is 0 Å². The molecular weight excluding hydrogens is 263 g/mol. The Bertz CT molecular complexity index is 629. The Labute approximate surface area is 114 Å². The van der Waals surface area contributed by atoms with Crippen LogP contribution in [0.3, 0.4) is 0 Å². The number of nitrogens with zero attached hydrogens (tertiary/aromatic N) is 1. The summed E-state index contributed by atoms with van der Waals surface area (Å²) in [6, 6.07) is 7.52. The fourth-order valence-electron chi connectivity index (χ4n) is 1.33. The van der Waals surface area contributed by atoms with Gasteiger partial charge in [0.05, 0.1) is 12.7 Å². The van der Waals surface area contributed by atoms with Gasteiger partial charge in [-0.15, -0.1) is 0 Å². The van der Waals surface area contributed by atoms with Crippen molar-refractivity contribution in [1.29, 1.82) is 0 Å². The molecule has 20 heavy (non-hydrogen) atoms. The fraction of sp³-hybridized carbons (Fsp3) is 0.143. The molecule has 0 aliphatic heterocycles. The molecule has 0 radical (unpaired) electrons. The lowest BCUT2D eigenvalue weighted by Crippen LogP contribution is -2.23. The number of rotatable bonds is 4. The Hall–Kier alpha value is -2.81. The van der Waals surface area contributed by atoms with Crippen LogP contribution < -0.4 is 10.1 Å². The molecule has 1 aromatic carbocycles. The van der Waals surface area contributed by atoms with Gasteiger partial charge in [0.25, 0.3) is 5.91 Å². The average Bonchev–Trinajstić information content (AvgIpc) is 2.98. The number of nitrogens with one attached hydrogen (secondary N) is 1. The summed E-state index contributed by atoms with van der Waals surface area (Å²) in [4.78, 5) is 11.4. The third kappa shape index (κ3) is 3.85. The SMILES string of the molecule is O=C(NCC#CCOc1ccccc1F)c1ccno1. The monoisotopic (exact) mass is 274 g/mol. The Morgan fingerprint density at radius 2 is 2.20 bits per heavy atom. The number of para-hydroxylation sites is 1. The van der Waals surface area contributed by atoms with E-state index < -0.39 is 11.7 Å². The largest absolute Gasteiger partial charge is 0.478 e. The smallest absolute Gasteiger partial charge is 0.290 e. The van der Waals surface area contributed by atoms with Gasteiger partial charge in [0, 0.05) is 6.07 Å². The number of hydrogen-bond acceptors (Lipinski definition) is 4. The Balaban J connectivity index is 1.71. The van der Waals surface area contributed by atoms with Crippen molar-refractivity contribution in [3.05, 3.63) is 48.1 Å². The van der Waals surface area contributed by atoms with Crippen LogP contribution in [0.4, 0.5) is 4.39 Å². The van der Waals surface area contributed by atoms with Gasteiger partial charge in [-0.25, -0.2) is 4.39 Å². The molecule has 1 heterocycles. The first-order chi connectivity index (χ1) is 9.77. The van der Waals surface area contributed by atoms with Gasteiger partial charge in [0.1, 0.15) is 6.61 Å². The van der Waals surface area contributed by atoms with Crippen LogP contribution in [0.5, 0.6) is 5.75 Å². The molecule has 0 aliphatic rings. The van der Waals surface area contributed by atoms with Crippen molar-refractivity contribution in [2.24, 2.45) is 0 Å². The van der Waals surface area contributed by atoms with E-state index in [9.17, 15) is 9.18 Å². The second kappa shape index (κ2) is 6.95. The lowest BCUT2D eigenvalue weighted by Gasteiger charge is -2.01. The molecule has 0 aliphatic carbocycles. The standard InChI is InChI=1S/C14H11FN2O3/c15-11-5-1-2-6-12(11)19-10-4-3-8-16-14(18)13-7-9-17-20-13/h1-2,5-7,9H,8,10H2,(H,16,18). The Morgan fingerprint density at radius 1 is 1.35 bits per heavy atom. The second-order valence-electron chi connectivity index (χ2n) is 3.63. The summed E-state index contributed by atoms with van der Waals surface area (Å²) in [5, 5.41) is 5.93. The zero-order chi connectivity index (χ0) is 14.2. The zero-order valence-electron chi connectivity index (χ0n) is 10.4. The summed E-state index contributed by atoms with van der Waals surface area (Å²) in [6.07, 6.45) is 1.38. The third-order valence-electron chi connectivity index (χ3n) is 2.26. The number of carbonyl (C=O) groups is 1. The highest BCUT2D eigenvalue weighted by Crippen LogP contribution is 2.14. The van der Waals surface area contributed by atoms with Crippen molar-refractivity contribution < 1.29 is 18.4 Å². The maximum Gasteiger partial charge on any atom is 0.290 e. The number of hydrogen-bond donors (Lipinski definition) is 1. The summed E-state index contributed by atoms with van der Waals surface area (Å²) >= 11 is 0. The fourth-order valence-corrected chi connectivity index (χ4v) is 1.33. The van der Waals surface area contributed by atoms with Gasteiger partial charge in [-0.1, -0.05) is 29.1 Å². The Morgan fingerprint density at radius 3 is 2.95 bits per heavy atom. The minimum Gasteiger partial charge on any atom is -0.478 e. The van der Waals surface area contributed by atoms with E-state index in [0.717, 1.165) is 0 Å². The van der Waals surface area contributed by atoms with Crippen LogP contribution in [0.1, 0.15) is 10.6 Å². The number of carbonyl (C=O) groups excluding carboxylic acids is 1. The van der Waals surface area contributed by atoms with Crippen LogP contribution >= 0.6 is 0 Å². The molecule has 2 aromatic rings. The molecule has 2 rings (SSSR count). The maximum atomic E-state index is 13.2. The highest BCUT2D eigenvalue weighted by molar-refractivity contribution is 5.91. The summed E-state index contributed by atoms with van der Waals surface area (Å²) in [5.74, 6) is 4.77. The van der Waals surface area contributed by atoms with Gasteiger partial charge in [-0.3, -0.25) is 4.79 Å². The molecular formula is C14H11FN2O3. The highest BCUT2D eigenvalue weighted by atomic mass is 19.1. The van der Waals surface area contributed by atoms with E-state index in [2.05, 4.69) is 26.8 Å². The predicted octanol–water partition coefficient (Wildman–Crippen LogP) is 1.63. The van der Waals surface area contributed by atoms with Crippen molar-refractivity contribution >= 4 is 5.91 Å². The van der Waals surface area contributed by atoms with Crippen LogP contribution in [0.15, 0.2) is 41.1 Å². The van der Waals surface area contributed by atoms with Crippen molar-refractivity contribution in [2.45, 2.75) is 0 Å². The molecule has 1 amide bonds. The normalized spacial score (nSPS) is 9.45. The lowest BCUT2D eigenvalue weighted by atomic mass is 10.3. The van der Waals surface area contributed by atoms with Crippen molar-refractivity contribution in [3.8, 4) is 17.6 Å². The minimum absolute atomic E-state index is 0.0408. The lowest BCUT2D eigenvalue weighted by molar-refractivity contribution is 0.0922. The second-order valence-corrected chi connectivity index (χ2v) is 3.63. The first-order valence-corrected chi connectivity index (χ1v) is 5.79. The molecule has 0 spiro atoms.